The molecule has 2 unspecified atom stereocenters. The van der Waals surface area contributed by atoms with Crippen molar-refractivity contribution in [3.05, 3.63) is 11.8 Å². The maximum absolute atomic E-state index is 7.11. The molecule has 68 valence electrons. The van der Waals surface area contributed by atoms with Crippen molar-refractivity contribution in [2.75, 3.05) is 13.1 Å². The molecule has 0 aromatic carbocycles. The van der Waals surface area contributed by atoms with Gasteiger partial charge in [0.05, 0.1) is 0 Å². The lowest BCUT2D eigenvalue weighted by Crippen LogP contribution is -2.54. The molecular weight excluding hydrogens is 152 g/mol. The van der Waals surface area contributed by atoms with Gasteiger partial charge in [-0.25, -0.2) is 0 Å². The van der Waals surface area contributed by atoms with Gasteiger partial charge in [0.2, 0.25) is 0 Å². The molecule has 12 heavy (non-hydrogen) atoms. The van der Waals surface area contributed by atoms with Gasteiger partial charge in [-0.05, 0) is 6.92 Å². The summed E-state index contributed by atoms with van der Waals surface area (Å²) in [6.07, 6.45) is 2.79. The van der Waals surface area contributed by atoms with E-state index in [0.29, 0.717) is 6.04 Å². The second-order valence-electron chi connectivity index (χ2n) is 3.08. The van der Waals surface area contributed by atoms with Crippen LogP contribution in [0.25, 0.3) is 0 Å². The van der Waals surface area contributed by atoms with Crippen molar-refractivity contribution in [3.63, 3.8) is 0 Å². The fraction of sp³-hybridized carbons (Fsp3) is 0.625. The molecule has 4 heteroatoms. The summed E-state index contributed by atoms with van der Waals surface area (Å²) in [5, 5.41) is 13.7. The number of nitrogens with one attached hydrogen (secondary N) is 3. The van der Waals surface area contributed by atoms with E-state index in [1.807, 2.05) is 0 Å². The van der Waals surface area contributed by atoms with E-state index in [1.165, 1.54) is 12.4 Å². The Morgan fingerprint density at radius 3 is 2.67 bits per heavy atom. The summed E-state index contributed by atoms with van der Waals surface area (Å²) in [5.41, 5.74) is 6.21. The van der Waals surface area contributed by atoms with E-state index in [2.05, 4.69) is 17.6 Å². The van der Waals surface area contributed by atoms with Crippen LogP contribution in [0.1, 0.15) is 6.92 Å². The van der Waals surface area contributed by atoms with Crippen LogP contribution in [0.5, 0.6) is 0 Å². The van der Waals surface area contributed by atoms with Crippen molar-refractivity contribution in [2.45, 2.75) is 19.0 Å². The molecule has 0 aliphatic carbocycles. The number of hydrogen-bond acceptors (Lipinski definition) is 4. The summed E-state index contributed by atoms with van der Waals surface area (Å²) in [6, 6.07) is 0.703. The first-order chi connectivity index (χ1) is 5.77. The molecule has 0 amide bonds. The first-order valence-electron chi connectivity index (χ1n) is 4.17. The Morgan fingerprint density at radius 1 is 1.50 bits per heavy atom. The second-order valence-corrected chi connectivity index (χ2v) is 3.08. The van der Waals surface area contributed by atoms with Gasteiger partial charge in [-0.3, -0.25) is 0 Å². The lowest BCUT2D eigenvalue weighted by molar-refractivity contribution is 0.392. The van der Waals surface area contributed by atoms with E-state index in [-0.39, 0.29) is 6.04 Å². The number of piperazine rings is 1. The van der Waals surface area contributed by atoms with Crippen LogP contribution < -0.4 is 16.4 Å². The summed E-state index contributed by atoms with van der Waals surface area (Å²) in [6.45, 7) is 3.90. The van der Waals surface area contributed by atoms with Crippen molar-refractivity contribution in [1.82, 2.24) is 10.6 Å². The van der Waals surface area contributed by atoms with Gasteiger partial charge in [0, 0.05) is 43.2 Å². The Hall–Kier alpha value is -0.870. The molecule has 4 nitrogen and oxygen atoms in total. The van der Waals surface area contributed by atoms with Crippen LogP contribution in [-0.4, -0.2) is 31.4 Å². The molecule has 1 aliphatic rings. The molecule has 0 bridgehead atoms. The molecule has 1 heterocycles. The van der Waals surface area contributed by atoms with E-state index < -0.39 is 0 Å². The lowest BCUT2D eigenvalue weighted by Gasteiger charge is -2.29. The first-order valence-corrected chi connectivity index (χ1v) is 4.17. The topological polar surface area (TPSA) is 73.9 Å². The molecule has 0 aromatic heterocycles. The molecule has 0 radical (unpaired) electrons. The van der Waals surface area contributed by atoms with Gasteiger partial charge in [-0.2, -0.15) is 0 Å². The summed E-state index contributed by atoms with van der Waals surface area (Å²) in [7, 11) is 0. The SMILES string of the molecule is CC1CNC(/C(C=N)=C/N)CN1. The fourth-order valence-corrected chi connectivity index (χ4v) is 1.28. The van der Waals surface area contributed by atoms with Gasteiger partial charge in [0.1, 0.15) is 0 Å². The van der Waals surface area contributed by atoms with Crippen molar-refractivity contribution in [1.29, 1.82) is 5.41 Å². The molecule has 1 aliphatic heterocycles. The van der Waals surface area contributed by atoms with Crippen molar-refractivity contribution < 1.29 is 0 Å². The number of rotatable bonds is 2. The van der Waals surface area contributed by atoms with E-state index in [9.17, 15) is 0 Å². The molecule has 0 saturated carbocycles. The summed E-state index contributed by atoms with van der Waals surface area (Å²) < 4.78 is 0. The minimum atomic E-state index is 0.198. The zero-order valence-electron chi connectivity index (χ0n) is 7.30. The van der Waals surface area contributed by atoms with Crippen molar-refractivity contribution >= 4 is 6.21 Å². The smallest absolute Gasteiger partial charge is 0.0476 e. The van der Waals surface area contributed by atoms with Crippen LogP contribution >= 0.6 is 0 Å². The number of hydrogen-bond donors (Lipinski definition) is 4. The molecule has 2 atom stereocenters. The molecule has 0 aromatic rings. The summed E-state index contributed by atoms with van der Waals surface area (Å²) in [5.74, 6) is 0. The molecule has 1 saturated heterocycles. The van der Waals surface area contributed by atoms with Gasteiger partial charge in [-0.15, -0.1) is 0 Å². The zero-order chi connectivity index (χ0) is 8.97. The summed E-state index contributed by atoms with van der Waals surface area (Å²) in [4.78, 5) is 0. The van der Waals surface area contributed by atoms with Crippen LogP contribution in [0.4, 0.5) is 0 Å². The van der Waals surface area contributed by atoms with E-state index >= 15 is 0 Å². The highest BCUT2D eigenvalue weighted by Crippen LogP contribution is 2.01. The fourth-order valence-electron chi connectivity index (χ4n) is 1.28. The lowest BCUT2D eigenvalue weighted by atomic mass is 10.1. The Balaban J connectivity index is 2.48. The Labute approximate surface area is 72.7 Å². The van der Waals surface area contributed by atoms with Crippen LogP contribution in [0.2, 0.25) is 0 Å². The zero-order valence-corrected chi connectivity index (χ0v) is 7.30. The summed E-state index contributed by atoms with van der Waals surface area (Å²) >= 11 is 0. The molecule has 0 spiro atoms. The van der Waals surface area contributed by atoms with E-state index in [1.54, 1.807) is 0 Å². The molecular formula is C8H16N4. The monoisotopic (exact) mass is 168 g/mol. The van der Waals surface area contributed by atoms with Gasteiger partial charge in [0.15, 0.2) is 0 Å². The standard InChI is InChI=1S/C8H16N4/c1-6-4-12-8(5-11-6)7(2-9)3-10/h2-3,6,8-9,11-12H,4-5,10H2,1H3/b7-3+,9-2?. The van der Waals surface area contributed by atoms with Gasteiger partial charge in [-0.1, -0.05) is 0 Å². The quantitative estimate of drug-likeness (QED) is 0.417. The highest BCUT2D eigenvalue weighted by atomic mass is 15.1. The van der Waals surface area contributed by atoms with Crippen LogP contribution in [0, 0.1) is 5.41 Å². The van der Waals surface area contributed by atoms with Crippen molar-refractivity contribution in [2.24, 2.45) is 5.73 Å². The molecule has 1 fully saturated rings. The van der Waals surface area contributed by atoms with Gasteiger partial charge >= 0.3 is 0 Å². The third-order valence-electron chi connectivity index (χ3n) is 2.10. The predicted molar refractivity (Wildman–Crippen MR) is 50.3 cm³/mol. The van der Waals surface area contributed by atoms with E-state index in [4.69, 9.17) is 11.1 Å². The maximum Gasteiger partial charge on any atom is 0.0476 e. The average Bonchev–Trinajstić information content (AvgIpc) is 2.10. The molecule has 5 N–H and O–H groups in total. The first kappa shape index (κ1) is 9.22. The highest BCUT2D eigenvalue weighted by molar-refractivity contribution is 5.77. The number of nitrogens with two attached hydrogens (primary N) is 1. The minimum Gasteiger partial charge on any atom is -0.404 e. The minimum absolute atomic E-state index is 0.198. The van der Waals surface area contributed by atoms with E-state index in [0.717, 1.165) is 18.7 Å². The normalized spacial score (nSPS) is 31.6. The van der Waals surface area contributed by atoms with Crippen LogP contribution in [0.3, 0.4) is 0 Å². The van der Waals surface area contributed by atoms with Crippen LogP contribution in [-0.2, 0) is 0 Å². The Bertz CT molecular complexity index is 179. The van der Waals surface area contributed by atoms with Crippen LogP contribution in [0.15, 0.2) is 11.8 Å². The second kappa shape index (κ2) is 4.23. The highest BCUT2D eigenvalue weighted by Gasteiger charge is 2.18. The van der Waals surface area contributed by atoms with Crippen molar-refractivity contribution in [3.8, 4) is 0 Å². The third-order valence-corrected chi connectivity index (χ3v) is 2.10. The predicted octanol–water partition coefficient (Wildman–Crippen LogP) is -0.572. The largest absolute Gasteiger partial charge is 0.404 e. The van der Waals surface area contributed by atoms with Gasteiger partial charge < -0.3 is 21.8 Å². The Morgan fingerprint density at radius 2 is 2.25 bits per heavy atom. The van der Waals surface area contributed by atoms with Gasteiger partial charge in [0.25, 0.3) is 0 Å². The Kier molecular flexibility index (Phi) is 3.25. The third kappa shape index (κ3) is 2.06. The molecule has 1 rings (SSSR count). The maximum atomic E-state index is 7.11. The average molecular weight is 168 g/mol.